The van der Waals surface area contributed by atoms with E-state index in [-0.39, 0.29) is 0 Å². The third-order valence-corrected chi connectivity index (χ3v) is 4.78. The van der Waals surface area contributed by atoms with Crippen LogP contribution in [-0.4, -0.2) is 35.9 Å². The van der Waals surface area contributed by atoms with Crippen LogP contribution in [0.3, 0.4) is 0 Å². The summed E-state index contributed by atoms with van der Waals surface area (Å²) in [6.45, 7) is 0.543. The number of benzene rings is 3. The molecular formula is C24H18N6O2. The van der Waals surface area contributed by atoms with Gasteiger partial charge in [-0.15, -0.1) is 10.2 Å². The summed E-state index contributed by atoms with van der Waals surface area (Å²) in [6.07, 6.45) is 2.53. The van der Waals surface area contributed by atoms with Crippen LogP contribution in [0.1, 0.15) is 5.56 Å². The van der Waals surface area contributed by atoms with E-state index in [9.17, 15) is 4.79 Å². The van der Waals surface area contributed by atoms with E-state index >= 15 is 0 Å². The molecule has 8 heteroatoms. The van der Waals surface area contributed by atoms with Gasteiger partial charge in [0.15, 0.2) is 0 Å². The van der Waals surface area contributed by atoms with Gasteiger partial charge >= 0.3 is 6.09 Å². The fourth-order valence-corrected chi connectivity index (χ4v) is 3.20. The Morgan fingerprint density at radius 1 is 0.875 bits per heavy atom. The number of carbonyl (C=O) groups excluding carboxylic acids is 1. The molecule has 5 rings (SSSR count). The molecule has 5 aromatic rings. The van der Waals surface area contributed by atoms with Crippen LogP contribution in [-0.2, 0) is 6.54 Å². The van der Waals surface area contributed by atoms with Gasteiger partial charge in [-0.2, -0.15) is 4.80 Å². The van der Waals surface area contributed by atoms with Crippen molar-refractivity contribution in [3.05, 3.63) is 103 Å². The fraction of sp³-hybridized carbons (Fsp3) is 0.0417. The van der Waals surface area contributed by atoms with E-state index in [1.54, 1.807) is 35.3 Å². The summed E-state index contributed by atoms with van der Waals surface area (Å²) in [5.74, 6) is 0.991. The first-order valence-electron chi connectivity index (χ1n) is 9.98. The molecular weight excluding hydrogens is 404 g/mol. The van der Waals surface area contributed by atoms with Gasteiger partial charge in [-0.25, -0.2) is 14.3 Å². The average molecular weight is 422 g/mol. The molecule has 2 heterocycles. The van der Waals surface area contributed by atoms with Crippen molar-refractivity contribution in [3.63, 3.8) is 0 Å². The Hall–Kier alpha value is -4.59. The van der Waals surface area contributed by atoms with Crippen LogP contribution in [0.5, 0.6) is 5.75 Å². The van der Waals surface area contributed by atoms with Crippen LogP contribution in [0.2, 0.25) is 0 Å². The molecule has 156 valence electrons. The lowest BCUT2D eigenvalue weighted by Crippen LogP contribution is -2.14. The third kappa shape index (κ3) is 4.29. The molecule has 0 unspecified atom stereocenters. The van der Waals surface area contributed by atoms with E-state index in [2.05, 4.69) is 20.4 Å². The Morgan fingerprint density at radius 3 is 2.44 bits per heavy atom. The van der Waals surface area contributed by atoms with Crippen molar-refractivity contribution in [3.8, 4) is 28.4 Å². The van der Waals surface area contributed by atoms with E-state index in [1.807, 2.05) is 60.7 Å². The average Bonchev–Trinajstić information content (AvgIpc) is 3.51. The number of rotatable bonds is 5. The van der Waals surface area contributed by atoms with Crippen molar-refractivity contribution in [2.75, 3.05) is 0 Å². The van der Waals surface area contributed by atoms with Gasteiger partial charge in [0.1, 0.15) is 12.1 Å². The summed E-state index contributed by atoms with van der Waals surface area (Å²) >= 11 is 0. The van der Waals surface area contributed by atoms with Crippen molar-refractivity contribution in [1.82, 2.24) is 29.8 Å². The molecule has 0 aliphatic carbocycles. The Kier molecular flexibility index (Phi) is 5.24. The van der Waals surface area contributed by atoms with Crippen molar-refractivity contribution >= 4 is 6.09 Å². The molecule has 0 saturated carbocycles. The lowest BCUT2D eigenvalue weighted by molar-refractivity contribution is 0.202. The number of para-hydroxylation sites is 1. The van der Waals surface area contributed by atoms with Gasteiger partial charge < -0.3 is 4.74 Å². The molecule has 0 saturated heterocycles. The van der Waals surface area contributed by atoms with Crippen molar-refractivity contribution in [1.29, 1.82) is 0 Å². The van der Waals surface area contributed by atoms with E-state index in [0.717, 1.165) is 16.7 Å². The van der Waals surface area contributed by atoms with Crippen LogP contribution in [0, 0.1) is 0 Å². The van der Waals surface area contributed by atoms with Crippen LogP contribution in [0.25, 0.3) is 22.6 Å². The minimum atomic E-state index is -0.531. The summed E-state index contributed by atoms with van der Waals surface area (Å²) in [5, 5.41) is 12.8. The molecule has 0 fully saturated rings. The third-order valence-electron chi connectivity index (χ3n) is 4.78. The van der Waals surface area contributed by atoms with E-state index in [1.165, 1.54) is 10.9 Å². The van der Waals surface area contributed by atoms with Crippen LogP contribution in [0.15, 0.2) is 97.5 Å². The Balaban J connectivity index is 1.33. The second kappa shape index (κ2) is 8.65. The quantitative estimate of drug-likeness (QED) is 0.420. The molecule has 0 aliphatic rings. The van der Waals surface area contributed by atoms with E-state index in [4.69, 9.17) is 4.74 Å². The molecule has 0 spiro atoms. The molecule has 0 amide bonds. The van der Waals surface area contributed by atoms with E-state index in [0.29, 0.717) is 23.8 Å². The van der Waals surface area contributed by atoms with Gasteiger partial charge in [0.05, 0.1) is 12.2 Å². The zero-order valence-electron chi connectivity index (χ0n) is 16.9. The van der Waals surface area contributed by atoms with Gasteiger partial charge in [-0.3, -0.25) is 0 Å². The molecule has 8 nitrogen and oxygen atoms in total. The summed E-state index contributed by atoms with van der Waals surface area (Å²) in [4.78, 5) is 18.3. The largest absolute Gasteiger partial charge is 0.424 e. The van der Waals surface area contributed by atoms with Gasteiger partial charge in [0, 0.05) is 17.3 Å². The van der Waals surface area contributed by atoms with Gasteiger partial charge in [0.2, 0.25) is 5.82 Å². The predicted molar refractivity (Wildman–Crippen MR) is 118 cm³/mol. The zero-order valence-corrected chi connectivity index (χ0v) is 16.9. The number of tetrazole rings is 1. The number of nitrogens with zero attached hydrogens (tertiary/aromatic N) is 6. The highest BCUT2D eigenvalue weighted by molar-refractivity contribution is 5.75. The molecule has 0 N–H and O–H groups in total. The van der Waals surface area contributed by atoms with Gasteiger partial charge in [-0.1, -0.05) is 66.7 Å². The maximum Gasteiger partial charge on any atom is 0.424 e. The molecule has 0 atom stereocenters. The molecule has 2 aromatic heterocycles. The van der Waals surface area contributed by atoms with Gasteiger partial charge in [-0.05, 0) is 29.0 Å². The smallest absolute Gasteiger partial charge is 0.410 e. The lowest BCUT2D eigenvalue weighted by atomic mass is 10.1. The Bertz CT molecular complexity index is 1350. The highest BCUT2D eigenvalue weighted by Crippen LogP contribution is 2.23. The number of hydrogen-bond acceptors (Lipinski definition) is 6. The summed E-state index contributed by atoms with van der Waals surface area (Å²) in [7, 11) is 0. The topological polar surface area (TPSA) is 87.7 Å². The standard InChI is InChI=1S/C24H18N6O2/c31-24(32-21-12-5-2-6-13-21)29-16-22(25-17-29)19-10-7-11-20(14-19)23-26-28-30(27-23)15-18-8-3-1-4-9-18/h1-14,16-17H,15H2. The first-order chi connectivity index (χ1) is 15.7. The summed E-state index contributed by atoms with van der Waals surface area (Å²) in [6, 6.07) is 26.5. The lowest BCUT2D eigenvalue weighted by Gasteiger charge is -2.03. The number of ether oxygens (including phenoxy) is 1. The normalized spacial score (nSPS) is 10.8. The van der Waals surface area contributed by atoms with Crippen LogP contribution in [0.4, 0.5) is 4.79 Å². The molecule has 0 aliphatic heterocycles. The number of aromatic nitrogens is 6. The predicted octanol–water partition coefficient (Wildman–Crippen LogP) is 4.30. The van der Waals surface area contributed by atoms with Crippen molar-refractivity contribution in [2.45, 2.75) is 6.54 Å². The van der Waals surface area contributed by atoms with Crippen molar-refractivity contribution in [2.24, 2.45) is 0 Å². The summed E-state index contributed by atoms with van der Waals surface area (Å²) < 4.78 is 6.66. The highest BCUT2D eigenvalue weighted by atomic mass is 16.6. The number of carbonyl (C=O) groups is 1. The first-order valence-corrected chi connectivity index (χ1v) is 9.98. The Morgan fingerprint density at radius 2 is 1.62 bits per heavy atom. The zero-order chi connectivity index (χ0) is 21.8. The Labute approximate surface area is 183 Å². The number of hydrogen-bond donors (Lipinski definition) is 0. The minimum absolute atomic E-state index is 0.472. The van der Waals surface area contributed by atoms with Crippen LogP contribution < -0.4 is 4.74 Å². The molecule has 32 heavy (non-hydrogen) atoms. The van der Waals surface area contributed by atoms with Crippen molar-refractivity contribution < 1.29 is 9.53 Å². The molecule has 0 radical (unpaired) electrons. The SMILES string of the molecule is O=C(Oc1ccccc1)n1cnc(-c2cccc(-c3nnn(Cc4ccccc4)n3)c2)c1. The molecule has 0 bridgehead atoms. The maximum atomic E-state index is 12.4. The van der Waals surface area contributed by atoms with Gasteiger partial charge in [0.25, 0.3) is 0 Å². The second-order valence-corrected chi connectivity index (χ2v) is 7.06. The van der Waals surface area contributed by atoms with E-state index < -0.39 is 6.09 Å². The minimum Gasteiger partial charge on any atom is -0.410 e. The second-order valence-electron chi connectivity index (χ2n) is 7.06. The first kappa shape index (κ1) is 19.4. The molecule has 3 aromatic carbocycles. The number of imidazole rings is 1. The highest BCUT2D eigenvalue weighted by Gasteiger charge is 2.12. The fourth-order valence-electron chi connectivity index (χ4n) is 3.20. The monoisotopic (exact) mass is 422 g/mol. The maximum absolute atomic E-state index is 12.4. The summed E-state index contributed by atoms with van der Waals surface area (Å²) in [5.41, 5.74) is 3.36. The van der Waals surface area contributed by atoms with Crippen LogP contribution >= 0.6 is 0 Å².